The van der Waals surface area contributed by atoms with E-state index in [1.54, 1.807) is 55.9 Å². The molecular formula is C18H17N3O4. The molecule has 0 bridgehead atoms. The molecule has 0 aliphatic rings. The number of nitrogens with one attached hydrogen (secondary N) is 1. The van der Waals surface area contributed by atoms with Crippen molar-refractivity contribution in [3.05, 3.63) is 70.4 Å². The maximum atomic E-state index is 12.6. The van der Waals surface area contributed by atoms with Crippen LogP contribution in [0.5, 0.6) is 5.75 Å². The molecule has 1 amide bonds. The lowest BCUT2D eigenvalue weighted by atomic mass is 10.1. The van der Waals surface area contributed by atoms with Crippen LogP contribution in [-0.4, -0.2) is 29.8 Å². The maximum Gasteiger partial charge on any atom is 0.291 e. The number of methoxy groups -OCH3 is 1. The molecule has 0 radical (unpaired) electrons. The Bertz CT molecular complexity index is 967. The lowest BCUT2D eigenvalue weighted by molar-refractivity contribution is 0.0882. The Labute approximate surface area is 143 Å². The third-order valence-electron chi connectivity index (χ3n) is 3.80. The first kappa shape index (κ1) is 16.5. The Morgan fingerprint density at radius 2 is 1.92 bits per heavy atom. The second-order valence-electron chi connectivity index (χ2n) is 5.30. The molecule has 0 saturated heterocycles. The predicted molar refractivity (Wildman–Crippen MR) is 92.7 cm³/mol. The normalized spacial score (nSPS) is 10.5. The van der Waals surface area contributed by atoms with Gasteiger partial charge in [0.2, 0.25) is 0 Å². The summed E-state index contributed by atoms with van der Waals surface area (Å²) in [6.45, 7) is 0.315. The molecule has 2 aromatic heterocycles. The van der Waals surface area contributed by atoms with Crippen LogP contribution in [0.25, 0.3) is 10.8 Å². The van der Waals surface area contributed by atoms with Gasteiger partial charge in [0.15, 0.2) is 0 Å². The number of hydrogen-bond acceptors (Lipinski definition) is 5. The Morgan fingerprint density at radius 1 is 1.16 bits per heavy atom. The summed E-state index contributed by atoms with van der Waals surface area (Å²) in [5.41, 5.74) is 0.608. The van der Waals surface area contributed by atoms with Crippen LogP contribution in [0.4, 0.5) is 0 Å². The second kappa shape index (κ2) is 7.04. The smallest absolute Gasteiger partial charge is 0.291 e. The van der Waals surface area contributed by atoms with Crippen LogP contribution in [0.1, 0.15) is 16.1 Å². The number of ether oxygens (including phenoxy) is 1. The molecule has 7 heteroatoms. The summed E-state index contributed by atoms with van der Waals surface area (Å²) in [7, 11) is 2.89. The van der Waals surface area contributed by atoms with Crippen molar-refractivity contribution in [3.8, 4) is 5.75 Å². The highest BCUT2D eigenvalue weighted by atomic mass is 16.7. The van der Waals surface area contributed by atoms with Gasteiger partial charge >= 0.3 is 0 Å². The molecule has 2 heterocycles. The second-order valence-corrected chi connectivity index (χ2v) is 5.30. The SMILES string of the molecule is COc1ccc2c(=O)n(OC)c(C(=O)NCc3ccncc3)cc2c1. The molecule has 1 N–H and O–H groups in total. The van der Waals surface area contributed by atoms with E-state index in [2.05, 4.69) is 10.3 Å². The molecule has 7 nitrogen and oxygen atoms in total. The zero-order chi connectivity index (χ0) is 17.8. The van der Waals surface area contributed by atoms with Crippen LogP contribution >= 0.6 is 0 Å². The Hall–Kier alpha value is -3.35. The van der Waals surface area contributed by atoms with Crippen LogP contribution < -0.4 is 20.5 Å². The van der Waals surface area contributed by atoms with Crippen molar-refractivity contribution in [3.63, 3.8) is 0 Å². The quantitative estimate of drug-likeness (QED) is 0.760. The zero-order valence-electron chi connectivity index (χ0n) is 13.9. The molecule has 3 aromatic rings. The number of benzene rings is 1. The molecule has 0 fully saturated rings. The average molecular weight is 339 g/mol. The molecule has 0 aliphatic carbocycles. The van der Waals surface area contributed by atoms with Crippen molar-refractivity contribution in [1.29, 1.82) is 0 Å². The summed E-state index contributed by atoms with van der Waals surface area (Å²) < 4.78 is 6.16. The van der Waals surface area contributed by atoms with Crippen molar-refractivity contribution < 1.29 is 14.4 Å². The highest BCUT2D eigenvalue weighted by Gasteiger charge is 2.16. The predicted octanol–water partition coefficient (Wildman–Crippen LogP) is 1.39. The number of amides is 1. The van der Waals surface area contributed by atoms with Crippen LogP contribution in [0.3, 0.4) is 0 Å². The first-order valence-corrected chi connectivity index (χ1v) is 7.59. The maximum absolute atomic E-state index is 12.6. The van der Waals surface area contributed by atoms with Gasteiger partial charge in [-0.2, -0.15) is 0 Å². The third-order valence-corrected chi connectivity index (χ3v) is 3.80. The fraction of sp³-hybridized carbons (Fsp3) is 0.167. The van der Waals surface area contributed by atoms with E-state index in [0.717, 1.165) is 10.3 Å². The summed E-state index contributed by atoms with van der Waals surface area (Å²) in [5.74, 6) is 0.186. The van der Waals surface area contributed by atoms with Crippen LogP contribution in [0.15, 0.2) is 53.6 Å². The zero-order valence-corrected chi connectivity index (χ0v) is 13.9. The van der Waals surface area contributed by atoms with Gasteiger partial charge in [-0.25, -0.2) is 0 Å². The molecule has 25 heavy (non-hydrogen) atoms. The Balaban J connectivity index is 1.98. The first-order chi connectivity index (χ1) is 12.1. The van der Waals surface area contributed by atoms with Crippen molar-refractivity contribution >= 4 is 16.7 Å². The fourth-order valence-electron chi connectivity index (χ4n) is 2.52. The summed E-state index contributed by atoms with van der Waals surface area (Å²) in [4.78, 5) is 34.2. The minimum absolute atomic E-state index is 0.113. The first-order valence-electron chi connectivity index (χ1n) is 7.59. The lowest BCUT2D eigenvalue weighted by Gasteiger charge is -2.13. The number of aromatic nitrogens is 2. The molecular weight excluding hydrogens is 322 g/mol. The third kappa shape index (κ3) is 3.30. The topological polar surface area (TPSA) is 82.5 Å². The Kier molecular flexibility index (Phi) is 4.65. The highest BCUT2D eigenvalue weighted by molar-refractivity contribution is 5.96. The molecule has 0 atom stereocenters. The summed E-state index contributed by atoms with van der Waals surface area (Å²) >= 11 is 0. The molecule has 0 saturated carbocycles. The largest absolute Gasteiger partial charge is 0.497 e. The summed E-state index contributed by atoms with van der Waals surface area (Å²) in [6.07, 6.45) is 3.30. The van der Waals surface area contributed by atoms with Gasteiger partial charge in [0.05, 0.1) is 12.5 Å². The van der Waals surface area contributed by atoms with Gasteiger partial charge in [-0.3, -0.25) is 14.6 Å². The number of hydrogen-bond donors (Lipinski definition) is 1. The minimum Gasteiger partial charge on any atom is -0.497 e. The molecule has 0 spiro atoms. The number of fused-ring (bicyclic) bond motifs is 1. The van der Waals surface area contributed by atoms with E-state index in [1.807, 2.05) is 0 Å². The van der Waals surface area contributed by atoms with Crippen molar-refractivity contribution in [2.24, 2.45) is 0 Å². The summed E-state index contributed by atoms with van der Waals surface area (Å²) in [6, 6.07) is 10.2. The van der Waals surface area contributed by atoms with Crippen LogP contribution in [0.2, 0.25) is 0 Å². The lowest BCUT2D eigenvalue weighted by Crippen LogP contribution is -2.34. The molecule has 0 aliphatic heterocycles. The summed E-state index contributed by atoms with van der Waals surface area (Å²) in [5, 5.41) is 3.81. The van der Waals surface area contributed by atoms with Gasteiger partial charge in [-0.15, -0.1) is 4.73 Å². The molecule has 0 unspecified atom stereocenters. The van der Waals surface area contributed by atoms with Crippen molar-refractivity contribution in [2.75, 3.05) is 14.2 Å². The standard InChI is InChI=1S/C18H17N3O4/c1-24-14-3-4-15-13(9-14)10-16(21(25-2)18(15)23)17(22)20-11-12-5-7-19-8-6-12/h3-10H,11H2,1-2H3,(H,20,22). The number of carbonyl (C=O) groups excluding carboxylic acids is 1. The number of nitrogens with zero attached hydrogens (tertiary/aromatic N) is 2. The van der Waals surface area contributed by atoms with E-state index in [1.165, 1.54) is 7.11 Å². The van der Waals surface area contributed by atoms with Gasteiger partial charge in [0, 0.05) is 18.9 Å². The van der Waals surface area contributed by atoms with E-state index in [-0.39, 0.29) is 5.69 Å². The van der Waals surface area contributed by atoms with Gasteiger partial charge in [0.1, 0.15) is 18.6 Å². The van der Waals surface area contributed by atoms with Gasteiger partial charge in [0.25, 0.3) is 11.5 Å². The minimum atomic E-state index is -0.416. The van der Waals surface area contributed by atoms with E-state index in [9.17, 15) is 9.59 Å². The van der Waals surface area contributed by atoms with Gasteiger partial charge in [-0.1, -0.05) is 0 Å². The molecule has 3 rings (SSSR count). The molecule has 1 aromatic carbocycles. The van der Waals surface area contributed by atoms with E-state index in [0.29, 0.717) is 23.1 Å². The van der Waals surface area contributed by atoms with E-state index >= 15 is 0 Å². The van der Waals surface area contributed by atoms with Gasteiger partial charge < -0.3 is 14.9 Å². The fourth-order valence-corrected chi connectivity index (χ4v) is 2.52. The van der Waals surface area contributed by atoms with Crippen LogP contribution in [0, 0.1) is 0 Å². The van der Waals surface area contributed by atoms with E-state index < -0.39 is 11.5 Å². The van der Waals surface area contributed by atoms with Gasteiger partial charge in [-0.05, 0) is 47.3 Å². The van der Waals surface area contributed by atoms with E-state index in [4.69, 9.17) is 9.57 Å². The Morgan fingerprint density at radius 3 is 2.60 bits per heavy atom. The van der Waals surface area contributed by atoms with Crippen molar-refractivity contribution in [1.82, 2.24) is 15.0 Å². The average Bonchev–Trinajstić information content (AvgIpc) is 2.66. The monoisotopic (exact) mass is 339 g/mol. The number of carbonyl (C=O) groups is 1. The highest BCUT2D eigenvalue weighted by Crippen LogP contribution is 2.19. The molecule has 128 valence electrons. The number of rotatable bonds is 5. The van der Waals surface area contributed by atoms with Crippen molar-refractivity contribution in [2.45, 2.75) is 6.54 Å². The van der Waals surface area contributed by atoms with Crippen LogP contribution in [-0.2, 0) is 6.54 Å². The number of pyridine rings is 2.